The first-order chi connectivity index (χ1) is 16.1. The first-order valence-electron chi connectivity index (χ1n) is 11.8. The van der Waals surface area contributed by atoms with Gasteiger partial charge in [-0.3, -0.25) is 9.59 Å². The van der Waals surface area contributed by atoms with E-state index in [0.29, 0.717) is 34.3 Å². The third kappa shape index (κ3) is 7.92. The van der Waals surface area contributed by atoms with E-state index in [4.69, 9.17) is 27.9 Å². The van der Waals surface area contributed by atoms with Gasteiger partial charge in [-0.1, -0.05) is 82.4 Å². The molecule has 34 heavy (non-hydrogen) atoms. The van der Waals surface area contributed by atoms with Crippen molar-refractivity contribution in [3.05, 3.63) is 63.6 Å². The Kier molecular flexibility index (Phi) is 10.7. The fourth-order valence-corrected chi connectivity index (χ4v) is 4.08. The van der Waals surface area contributed by atoms with Gasteiger partial charge in [0.25, 0.3) is 5.91 Å². The van der Waals surface area contributed by atoms with E-state index in [0.717, 1.165) is 12.8 Å². The van der Waals surface area contributed by atoms with Crippen molar-refractivity contribution in [3.63, 3.8) is 0 Å². The molecule has 0 spiro atoms. The van der Waals surface area contributed by atoms with E-state index in [1.165, 1.54) is 10.5 Å². The first-order valence-corrected chi connectivity index (χ1v) is 12.6. The summed E-state index contributed by atoms with van der Waals surface area (Å²) in [6.07, 6.45) is 2.29. The molecule has 0 heterocycles. The van der Waals surface area contributed by atoms with E-state index in [2.05, 4.69) is 33.0 Å². The van der Waals surface area contributed by atoms with Crippen LogP contribution in [-0.2, 0) is 21.5 Å². The molecule has 0 aliphatic rings. The summed E-state index contributed by atoms with van der Waals surface area (Å²) in [5, 5.41) is 3.84. The van der Waals surface area contributed by atoms with Crippen LogP contribution in [0.2, 0.25) is 10.0 Å². The van der Waals surface area contributed by atoms with Crippen LogP contribution in [0.5, 0.6) is 5.75 Å². The van der Waals surface area contributed by atoms with Crippen LogP contribution in [0.4, 0.5) is 0 Å². The van der Waals surface area contributed by atoms with Crippen molar-refractivity contribution < 1.29 is 14.3 Å². The van der Waals surface area contributed by atoms with Gasteiger partial charge in [-0.2, -0.15) is 0 Å². The number of carbonyl (C=O) groups is 2. The van der Waals surface area contributed by atoms with Gasteiger partial charge in [-0.25, -0.2) is 0 Å². The average Bonchev–Trinajstić information content (AvgIpc) is 2.79. The number of unbranched alkanes of at least 4 members (excludes halogenated alkanes) is 1. The second-order valence-corrected chi connectivity index (χ2v) is 10.2. The fourth-order valence-electron chi connectivity index (χ4n) is 3.56. The molecular formula is C27H36Cl2N2O3. The molecule has 0 saturated carbocycles. The van der Waals surface area contributed by atoms with Gasteiger partial charge in [0.1, 0.15) is 11.8 Å². The van der Waals surface area contributed by atoms with Crippen molar-refractivity contribution in [1.82, 2.24) is 10.2 Å². The van der Waals surface area contributed by atoms with E-state index in [-0.39, 0.29) is 30.4 Å². The zero-order valence-corrected chi connectivity index (χ0v) is 22.3. The lowest BCUT2D eigenvalue weighted by molar-refractivity contribution is -0.143. The maximum absolute atomic E-state index is 13.3. The highest BCUT2D eigenvalue weighted by Crippen LogP contribution is 2.27. The minimum Gasteiger partial charge on any atom is -0.484 e. The molecule has 186 valence electrons. The Morgan fingerprint density at radius 2 is 1.65 bits per heavy atom. The third-order valence-electron chi connectivity index (χ3n) is 5.69. The van der Waals surface area contributed by atoms with Crippen LogP contribution in [0.1, 0.15) is 65.0 Å². The van der Waals surface area contributed by atoms with Crippen molar-refractivity contribution in [2.75, 3.05) is 13.2 Å². The van der Waals surface area contributed by atoms with Gasteiger partial charge in [0.15, 0.2) is 6.61 Å². The van der Waals surface area contributed by atoms with E-state index >= 15 is 0 Å². The summed E-state index contributed by atoms with van der Waals surface area (Å²) in [6, 6.07) is 12.2. The summed E-state index contributed by atoms with van der Waals surface area (Å²) >= 11 is 12.8. The Morgan fingerprint density at radius 1 is 1.03 bits per heavy atom. The van der Waals surface area contributed by atoms with E-state index in [9.17, 15) is 9.59 Å². The zero-order valence-electron chi connectivity index (χ0n) is 20.8. The van der Waals surface area contributed by atoms with Crippen LogP contribution in [0.15, 0.2) is 42.5 Å². The van der Waals surface area contributed by atoms with Gasteiger partial charge in [0.05, 0.1) is 0 Å². The molecule has 0 fully saturated rings. The Balaban J connectivity index is 2.23. The highest BCUT2D eigenvalue weighted by atomic mass is 35.5. The predicted molar refractivity (Wildman–Crippen MR) is 140 cm³/mol. The molecule has 2 amide bonds. The van der Waals surface area contributed by atoms with Crippen LogP contribution in [0.25, 0.3) is 0 Å². The number of carbonyl (C=O) groups excluding carboxylic acids is 2. The number of halogens is 2. The molecule has 0 bridgehead atoms. The number of nitrogens with zero attached hydrogens (tertiary/aromatic N) is 1. The van der Waals surface area contributed by atoms with E-state index in [1.807, 2.05) is 31.2 Å². The predicted octanol–water partition coefficient (Wildman–Crippen LogP) is 6.39. The monoisotopic (exact) mass is 506 g/mol. The van der Waals surface area contributed by atoms with Crippen LogP contribution in [-0.4, -0.2) is 35.9 Å². The standard InChI is InChI=1S/C27H36Cl2N2O3/c1-6-8-16-30-26(33)24(7-2)31(17-21-22(28)10-9-11-23(21)29)25(32)18-34-20-14-12-19(13-15-20)27(3,4)5/h9-15,24H,6-8,16-18H2,1-5H3,(H,30,33). The van der Waals surface area contributed by atoms with Crippen LogP contribution >= 0.6 is 23.2 Å². The summed E-state index contributed by atoms with van der Waals surface area (Å²) in [5.74, 6) is 0.0907. The highest BCUT2D eigenvalue weighted by molar-refractivity contribution is 6.36. The summed E-state index contributed by atoms with van der Waals surface area (Å²) < 4.78 is 5.80. The lowest BCUT2D eigenvalue weighted by atomic mass is 9.87. The molecule has 0 aliphatic carbocycles. The Bertz CT molecular complexity index is 935. The van der Waals surface area contributed by atoms with Gasteiger partial charge >= 0.3 is 0 Å². The third-order valence-corrected chi connectivity index (χ3v) is 6.40. The highest BCUT2D eigenvalue weighted by Gasteiger charge is 2.30. The number of hydrogen-bond donors (Lipinski definition) is 1. The normalized spacial score (nSPS) is 12.2. The van der Waals surface area contributed by atoms with Gasteiger partial charge < -0.3 is 15.0 Å². The number of benzene rings is 2. The largest absolute Gasteiger partial charge is 0.484 e. The van der Waals surface area contributed by atoms with Gasteiger partial charge in [-0.05, 0) is 48.1 Å². The molecule has 1 unspecified atom stereocenters. The molecule has 0 radical (unpaired) electrons. The van der Waals surface area contributed by atoms with Crippen molar-refractivity contribution in [2.45, 2.75) is 71.9 Å². The summed E-state index contributed by atoms with van der Waals surface area (Å²) in [7, 11) is 0. The molecular weight excluding hydrogens is 471 g/mol. The topological polar surface area (TPSA) is 58.6 Å². The fraction of sp³-hybridized carbons (Fsp3) is 0.481. The van der Waals surface area contributed by atoms with Crippen LogP contribution in [0.3, 0.4) is 0 Å². The molecule has 2 aromatic carbocycles. The van der Waals surface area contributed by atoms with Crippen LogP contribution in [0, 0.1) is 0 Å². The molecule has 0 aromatic heterocycles. The van der Waals surface area contributed by atoms with Crippen molar-refractivity contribution in [2.24, 2.45) is 0 Å². The van der Waals surface area contributed by atoms with E-state index < -0.39 is 6.04 Å². The van der Waals surface area contributed by atoms with Gasteiger partial charge in [0.2, 0.25) is 5.91 Å². The Morgan fingerprint density at radius 3 is 2.18 bits per heavy atom. The summed E-state index contributed by atoms with van der Waals surface area (Å²) in [5.41, 5.74) is 1.81. The molecule has 0 saturated heterocycles. The molecule has 0 aliphatic heterocycles. The second-order valence-electron chi connectivity index (χ2n) is 9.35. The van der Waals surface area contributed by atoms with Crippen molar-refractivity contribution >= 4 is 35.0 Å². The number of rotatable bonds is 11. The zero-order chi connectivity index (χ0) is 25.3. The molecule has 1 N–H and O–H groups in total. The van der Waals surface area contributed by atoms with Crippen molar-refractivity contribution in [1.29, 1.82) is 0 Å². The number of hydrogen-bond acceptors (Lipinski definition) is 3. The SMILES string of the molecule is CCCCNC(=O)C(CC)N(Cc1c(Cl)cccc1Cl)C(=O)COc1ccc(C(C)(C)C)cc1. The van der Waals surface area contributed by atoms with Gasteiger partial charge in [-0.15, -0.1) is 0 Å². The molecule has 1 atom stereocenters. The molecule has 2 rings (SSSR count). The number of ether oxygens (including phenoxy) is 1. The lowest BCUT2D eigenvalue weighted by Gasteiger charge is -2.31. The van der Waals surface area contributed by atoms with Crippen LogP contribution < -0.4 is 10.1 Å². The molecule has 2 aromatic rings. The second kappa shape index (κ2) is 13.0. The van der Waals surface area contributed by atoms with E-state index in [1.54, 1.807) is 18.2 Å². The minimum atomic E-state index is -0.663. The number of amides is 2. The summed E-state index contributed by atoms with van der Waals surface area (Å²) in [4.78, 5) is 27.8. The average molecular weight is 508 g/mol. The maximum Gasteiger partial charge on any atom is 0.261 e. The number of nitrogens with one attached hydrogen (secondary N) is 1. The quantitative estimate of drug-likeness (QED) is 0.359. The smallest absolute Gasteiger partial charge is 0.261 e. The lowest BCUT2D eigenvalue weighted by Crippen LogP contribution is -2.50. The van der Waals surface area contributed by atoms with Crippen molar-refractivity contribution in [3.8, 4) is 5.75 Å². The maximum atomic E-state index is 13.3. The van der Waals surface area contributed by atoms with Gasteiger partial charge in [0, 0.05) is 28.7 Å². The first kappa shape index (κ1) is 28.0. The summed E-state index contributed by atoms with van der Waals surface area (Å²) in [6.45, 7) is 10.8. The molecule has 7 heteroatoms. The Hall–Kier alpha value is -2.24. The Labute approximate surface area is 213 Å². The molecule has 5 nitrogen and oxygen atoms in total. The minimum absolute atomic E-state index is 0.0266.